The Kier molecular flexibility index (Phi) is 5.13. The zero-order chi connectivity index (χ0) is 13.7. The summed E-state index contributed by atoms with van der Waals surface area (Å²) in [5.74, 6) is 0.418. The molecule has 1 aromatic carbocycles. The molecule has 19 heavy (non-hydrogen) atoms. The van der Waals surface area contributed by atoms with Crippen LogP contribution in [0.4, 0.5) is 5.69 Å². The number of anilines is 1. The molecule has 0 aromatic heterocycles. The summed E-state index contributed by atoms with van der Waals surface area (Å²) in [6.07, 6.45) is 4.04. The van der Waals surface area contributed by atoms with E-state index in [1.807, 2.05) is 30.5 Å². The summed E-state index contributed by atoms with van der Waals surface area (Å²) in [6, 6.07) is 7.46. The molecule has 1 aliphatic rings. The molecule has 1 unspecified atom stereocenters. The van der Waals surface area contributed by atoms with Gasteiger partial charge in [0.15, 0.2) is 0 Å². The summed E-state index contributed by atoms with van der Waals surface area (Å²) in [7, 11) is -3.25. The van der Waals surface area contributed by atoms with E-state index < -0.39 is 10.0 Å². The Morgan fingerprint density at radius 1 is 1.37 bits per heavy atom. The van der Waals surface area contributed by atoms with E-state index in [9.17, 15) is 8.42 Å². The molecule has 1 fully saturated rings. The van der Waals surface area contributed by atoms with Crippen LogP contribution in [-0.4, -0.2) is 33.5 Å². The lowest BCUT2D eigenvalue weighted by Gasteiger charge is -2.22. The number of rotatable bonds is 5. The first-order valence-corrected chi connectivity index (χ1v) is 9.32. The summed E-state index contributed by atoms with van der Waals surface area (Å²) < 4.78 is 26.8. The van der Waals surface area contributed by atoms with Crippen molar-refractivity contribution in [3.8, 4) is 0 Å². The predicted molar refractivity (Wildman–Crippen MR) is 81.2 cm³/mol. The molecule has 1 heterocycles. The first kappa shape index (κ1) is 14.7. The van der Waals surface area contributed by atoms with Crippen molar-refractivity contribution in [2.75, 3.05) is 29.8 Å². The van der Waals surface area contributed by atoms with Crippen molar-refractivity contribution >= 4 is 27.5 Å². The smallest absolute Gasteiger partial charge is 0.233 e. The number of hydrogen-bond donors (Lipinski definition) is 2. The van der Waals surface area contributed by atoms with Gasteiger partial charge in [0, 0.05) is 10.6 Å². The predicted octanol–water partition coefficient (Wildman–Crippen LogP) is 2.15. The van der Waals surface area contributed by atoms with Gasteiger partial charge in [-0.15, -0.1) is 11.8 Å². The zero-order valence-electron chi connectivity index (χ0n) is 11.1. The van der Waals surface area contributed by atoms with Crippen molar-refractivity contribution in [1.82, 2.24) is 5.32 Å². The minimum atomic E-state index is -3.25. The lowest BCUT2D eigenvalue weighted by molar-refractivity contribution is 0.404. The van der Waals surface area contributed by atoms with Gasteiger partial charge in [-0.2, -0.15) is 0 Å². The highest BCUT2D eigenvalue weighted by Gasteiger charge is 2.21. The van der Waals surface area contributed by atoms with Crippen molar-refractivity contribution in [3.05, 3.63) is 24.3 Å². The fourth-order valence-corrected chi connectivity index (χ4v) is 4.15. The highest BCUT2D eigenvalue weighted by atomic mass is 32.2. The molecule has 0 amide bonds. The molecule has 0 radical (unpaired) electrons. The molecule has 1 aromatic rings. The minimum absolute atomic E-state index is 0.199. The standard InChI is InChI=1S/C13H20N2O2S2/c1-18-13-6-4-12(5-7-13)15-19(16,17)10-11-3-2-8-14-9-11/h4-7,11,14-15H,2-3,8-10H2,1H3. The van der Waals surface area contributed by atoms with Gasteiger partial charge in [-0.25, -0.2) is 8.42 Å². The van der Waals surface area contributed by atoms with Gasteiger partial charge >= 0.3 is 0 Å². The van der Waals surface area contributed by atoms with Crippen LogP contribution in [0.15, 0.2) is 29.2 Å². The van der Waals surface area contributed by atoms with E-state index in [4.69, 9.17) is 0 Å². The molecule has 2 N–H and O–H groups in total. The molecule has 0 saturated carbocycles. The number of sulfonamides is 1. The highest BCUT2D eigenvalue weighted by molar-refractivity contribution is 7.98. The molecule has 0 bridgehead atoms. The summed E-state index contributed by atoms with van der Waals surface area (Å²) in [6.45, 7) is 1.80. The van der Waals surface area contributed by atoms with E-state index in [0.717, 1.165) is 30.8 Å². The fraction of sp³-hybridized carbons (Fsp3) is 0.538. The van der Waals surface area contributed by atoms with E-state index in [1.165, 1.54) is 0 Å². The Balaban J connectivity index is 1.95. The molecule has 1 atom stereocenters. The van der Waals surface area contributed by atoms with Gasteiger partial charge in [-0.3, -0.25) is 4.72 Å². The lowest BCUT2D eigenvalue weighted by Crippen LogP contribution is -2.35. The quantitative estimate of drug-likeness (QED) is 0.818. The molecular formula is C13H20N2O2S2. The van der Waals surface area contributed by atoms with Crippen LogP contribution in [0.1, 0.15) is 12.8 Å². The summed E-state index contributed by atoms with van der Waals surface area (Å²) in [5.41, 5.74) is 0.640. The van der Waals surface area contributed by atoms with Crippen LogP contribution in [0.2, 0.25) is 0 Å². The van der Waals surface area contributed by atoms with Gasteiger partial charge in [-0.05, 0) is 62.4 Å². The van der Waals surface area contributed by atoms with Crippen LogP contribution >= 0.6 is 11.8 Å². The van der Waals surface area contributed by atoms with Gasteiger partial charge in [-0.1, -0.05) is 0 Å². The molecule has 4 nitrogen and oxygen atoms in total. The number of benzene rings is 1. The monoisotopic (exact) mass is 300 g/mol. The average molecular weight is 300 g/mol. The number of nitrogens with one attached hydrogen (secondary N) is 2. The second-order valence-electron chi connectivity index (χ2n) is 4.82. The Bertz CT molecular complexity index is 494. The Labute approximate surface area is 119 Å². The van der Waals surface area contributed by atoms with Gasteiger partial charge in [0.05, 0.1) is 5.75 Å². The van der Waals surface area contributed by atoms with Gasteiger partial charge in [0.25, 0.3) is 0 Å². The Morgan fingerprint density at radius 2 is 2.11 bits per heavy atom. The third-order valence-corrected chi connectivity index (χ3v) is 5.42. The number of piperidine rings is 1. The van der Waals surface area contributed by atoms with Crippen LogP contribution in [0.25, 0.3) is 0 Å². The van der Waals surface area contributed by atoms with E-state index in [-0.39, 0.29) is 11.7 Å². The maximum absolute atomic E-state index is 12.1. The second kappa shape index (κ2) is 6.63. The third-order valence-electron chi connectivity index (χ3n) is 3.22. The summed E-state index contributed by atoms with van der Waals surface area (Å²) in [5, 5.41) is 3.24. The first-order chi connectivity index (χ1) is 9.09. The van der Waals surface area contributed by atoms with Crippen LogP contribution in [0, 0.1) is 5.92 Å². The van der Waals surface area contributed by atoms with Gasteiger partial charge < -0.3 is 5.32 Å². The molecule has 2 rings (SSSR count). The summed E-state index contributed by atoms with van der Waals surface area (Å²) >= 11 is 1.64. The molecule has 1 aliphatic heterocycles. The molecule has 1 saturated heterocycles. The fourth-order valence-electron chi connectivity index (χ4n) is 2.26. The van der Waals surface area contributed by atoms with Crippen molar-refractivity contribution in [1.29, 1.82) is 0 Å². The van der Waals surface area contributed by atoms with Crippen molar-refractivity contribution in [2.24, 2.45) is 5.92 Å². The lowest BCUT2D eigenvalue weighted by atomic mass is 10.0. The molecule has 0 spiro atoms. The van der Waals surface area contributed by atoms with Gasteiger partial charge in [0.2, 0.25) is 10.0 Å². The zero-order valence-corrected chi connectivity index (χ0v) is 12.7. The SMILES string of the molecule is CSc1ccc(NS(=O)(=O)CC2CCCNC2)cc1. The van der Waals surface area contributed by atoms with Crippen LogP contribution < -0.4 is 10.0 Å². The minimum Gasteiger partial charge on any atom is -0.316 e. The topological polar surface area (TPSA) is 58.2 Å². The maximum Gasteiger partial charge on any atom is 0.233 e. The van der Waals surface area contributed by atoms with Crippen molar-refractivity contribution < 1.29 is 8.42 Å². The van der Waals surface area contributed by atoms with E-state index in [1.54, 1.807) is 11.8 Å². The van der Waals surface area contributed by atoms with E-state index in [2.05, 4.69) is 10.0 Å². The third kappa shape index (κ3) is 4.71. The van der Waals surface area contributed by atoms with Crippen LogP contribution in [-0.2, 0) is 10.0 Å². The Morgan fingerprint density at radius 3 is 2.68 bits per heavy atom. The summed E-state index contributed by atoms with van der Waals surface area (Å²) in [4.78, 5) is 1.12. The van der Waals surface area contributed by atoms with Crippen molar-refractivity contribution in [2.45, 2.75) is 17.7 Å². The largest absolute Gasteiger partial charge is 0.316 e. The van der Waals surface area contributed by atoms with Crippen molar-refractivity contribution in [3.63, 3.8) is 0 Å². The average Bonchev–Trinajstić information content (AvgIpc) is 2.39. The second-order valence-corrected chi connectivity index (χ2v) is 7.47. The molecule has 106 valence electrons. The van der Waals surface area contributed by atoms with Crippen LogP contribution in [0.5, 0.6) is 0 Å². The van der Waals surface area contributed by atoms with E-state index >= 15 is 0 Å². The normalized spacial score (nSPS) is 20.2. The van der Waals surface area contributed by atoms with Gasteiger partial charge in [0.1, 0.15) is 0 Å². The highest BCUT2D eigenvalue weighted by Crippen LogP contribution is 2.19. The molecule has 0 aliphatic carbocycles. The maximum atomic E-state index is 12.1. The number of thioether (sulfide) groups is 1. The Hall–Kier alpha value is -0.720. The molecular weight excluding hydrogens is 280 g/mol. The van der Waals surface area contributed by atoms with E-state index in [0.29, 0.717) is 5.69 Å². The molecule has 6 heteroatoms. The number of hydrogen-bond acceptors (Lipinski definition) is 4. The first-order valence-electron chi connectivity index (χ1n) is 6.44. The van der Waals surface area contributed by atoms with Crippen LogP contribution in [0.3, 0.4) is 0 Å².